The van der Waals surface area contributed by atoms with Gasteiger partial charge in [-0.1, -0.05) is 0 Å². The molecule has 0 spiro atoms. The molecule has 16 heavy (non-hydrogen) atoms. The van der Waals surface area contributed by atoms with Gasteiger partial charge in [0.2, 0.25) is 0 Å². The van der Waals surface area contributed by atoms with Gasteiger partial charge in [0.1, 0.15) is 0 Å². The lowest BCUT2D eigenvalue weighted by molar-refractivity contribution is 0.00446. The van der Waals surface area contributed by atoms with Crippen LogP contribution in [0, 0.1) is 64.6 Å². The first-order valence-corrected chi connectivity index (χ1v) is 7.07. The average molecular weight is 218 g/mol. The van der Waals surface area contributed by atoms with E-state index in [1.54, 1.807) is 0 Å². The smallest absolute Gasteiger partial charge is 0.0515 e. The molecule has 0 radical (unpaired) electrons. The highest BCUT2D eigenvalue weighted by atomic mass is 16.3. The van der Waals surface area contributed by atoms with Gasteiger partial charge in [-0.25, -0.2) is 0 Å². The maximum Gasteiger partial charge on any atom is 0.0515 e. The van der Waals surface area contributed by atoms with Crippen LogP contribution in [0.5, 0.6) is 0 Å². The number of hydrogen-bond acceptors (Lipinski definition) is 2. The summed E-state index contributed by atoms with van der Waals surface area (Å²) in [5.41, 5.74) is -0.0401. The van der Waals surface area contributed by atoms with Crippen molar-refractivity contribution >= 4 is 0 Å². The molecule has 7 saturated carbocycles. The molecule has 0 saturated heterocycles. The molecule has 0 aliphatic heterocycles. The fourth-order valence-electron chi connectivity index (χ4n) is 8.76. The zero-order chi connectivity index (χ0) is 10.4. The predicted octanol–water partition coefficient (Wildman–Crippen LogP) is 0.591. The molecule has 7 rings (SSSR count). The maximum absolute atomic E-state index is 9.87. The van der Waals surface area contributed by atoms with Gasteiger partial charge in [-0.3, -0.25) is 0 Å². The highest BCUT2D eigenvalue weighted by molar-refractivity contribution is 5.38. The maximum atomic E-state index is 9.87. The lowest BCUT2D eigenvalue weighted by Crippen LogP contribution is -2.41. The Hall–Kier alpha value is -0.0800. The third kappa shape index (κ3) is 0.425. The van der Waals surface area contributed by atoms with Crippen molar-refractivity contribution in [2.45, 2.75) is 6.42 Å². The molecule has 2 nitrogen and oxygen atoms in total. The zero-order valence-electron chi connectivity index (χ0n) is 9.29. The summed E-state index contributed by atoms with van der Waals surface area (Å²) in [6, 6.07) is 0. The molecule has 7 fully saturated rings. The Labute approximate surface area is 95.0 Å². The molecule has 2 heteroatoms. The molecule has 0 heterocycles. The van der Waals surface area contributed by atoms with Crippen LogP contribution in [0.1, 0.15) is 6.42 Å². The summed E-state index contributed by atoms with van der Waals surface area (Å²) in [5, 5.41) is 19.7. The second-order valence-electron chi connectivity index (χ2n) is 7.63. The van der Waals surface area contributed by atoms with Crippen molar-refractivity contribution in [3.8, 4) is 0 Å². The van der Waals surface area contributed by atoms with Crippen molar-refractivity contribution in [1.82, 2.24) is 0 Å². The highest BCUT2D eigenvalue weighted by Crippen LogP contribution is 2.94. The molecule has 0 aromatic rings. The van der Waals surface area contributed by atoms with Crippen LogP contribution in [0.25, 0.3) is 0 Å². The molecular weight excluding hydrogens is 200 g/mol. The summed E-state index contributed by atoms with van der Waals surface area (Å²) in [5.74, 6) is 9.33. The standard InChI is InChI=1S/C14H18O2/c15-2-14(3-16)12-8-4-1-5-7-6(4)10(12)11(7)13(14)9(5)8/h4-13,15-16H,1-3H2/t4-,5-,6-,7-,8-,9?,10-,11?,12+,13-/m1/s1. The largest absolute Gasteiger partial charge is 0.396 e. The lowest BCUT2D eigenvalue weighted by Gasteiger charge is -2.44. The summed E-state index contributed by atoms with van der Waals surface area (Å²) in [6.07, 6.45) is 1.53. The number of aliphatic hydroxyl groups is 2. The van der Waals surface area contributed by atoms with Gasteiger partial charge in [0.15, 0.2) is 0 Å². The molecule has 7 aliphatic carbocycles. The monoisotopic (exact) mass is 218 g/mol. The fourth-order valence-corrected chi connectivity index (χ4v) is 8.76. The number of hydrogen-bond donors (Lipinski definition) is 2. The van der Waals surface area contributed by atoms with E-state index >= 15 is 0 Å². The van der Waals surface area contributed by atoms with E-state index in [9.17, 15) is 10.2 Å². The van der Waals surface area contributed by atoms with Gasteiger partial charge in [0, 0.05) is 5.41 Å². The van der Waals surface area contributed by atoms with Crippen LogP contribution < -0.4 is 0 Å². The van der Waals surface area contributed by atoms with Gasteiger partial charge in [0.05, 0.1) is 13.2 Å². The molecule has 86 valence electrons. The van der Waals surface area contributed by atoms with E-state index in [1.165, 1.54) is 6.42 Å². The topological polar surface area (TPSA) is 40.5 Å². The summed E-state index contributed by atoms with van der Waals surface area (Å²) >= 11 is 0. The van der Waals surface area contributed by atoms with E-state index in [4.69, 9.17) is 0 Å². The van der Waals surface area contributed by atoms with Gasteiger partial charge >= 0.3 is 0 Å². The lowest BCUT2D eigenvalue weighted by atomic mass is 9.60. The van der Waals surface area contributed by atoms with Crippen LogP contribution in [-0.2, 0) is 0 Å². The minimum absolute atomic E-state index is 0.0401. The predicted molar refractivity (Wildman–Crippen MR) is 56.1 cm³/mol. The van der Waals surface area contributed by atoms with E-state index in [2.05, 4.69) is 0 Å². The third-order valence-corrected chi connectivity index (χ3v) is 8.32. The Kier molecular flexibility index (Phi) is 0.966. The molecule has 2 N–H and O–H groups in total. The van der Waals surface area contributed by atoms with E-state index in [0.717, 1.165) is 59.2 Å². The second-order valence-corrected chi connectivity index (χ2v) is 7.63. The molecule has 0 aromatic heterocycles. The molecule has 10 atom stereocenters. The number of rotatable bonds is 2. The van der Waals surface area contributed by atoms with Crippen LogP contribution in [0.15, 0.2) is 0 Å². The number of aliphatic hydroxyl groups excluding tert-OH is 2. The van der Waals surface area contributed by atoms with Crippen molar-refractivity contribution in [2.75, 3.05) is 13.2 Å². The summed E-state index contributed by atoms with van der Waals surface area (Å²) in [4.78, 5) is 0. The minimum atomic E-state index is -0.0401. The fraction of sp³-hybridized carbons (Fsp3) is 1.00. The minimum Gasteiger partial charge on any atom is -0.396 e. The van der Waals surface area contributed by atoms with Gasteiger partial charge in [-0.05, 0) is 65.6 Å². The molecule has 4 bridgehead atoms. The first-order chi connectivity index (χ1) is 7.85. The Bertz CT molecular complexity index is 377. The summed E-state index contributed by atoms with van der Waals surface area (Å²) in [6.45, 7) is 0.523. The first kappa shape index (κ1) is 8.10. The van der Waals surface area contributed by atoms with Gasteiger partial charge in [-0.2, -0.15) is 0 Å². The van der Waals surface area contributed by atoms with E-state index in [1.807, 2.05) is 0 Å². The normalized spacial score (nSPS) is 76.9. The van der Waals surface area contributed by atoms with Crippen LogP contribution >= 0.6 is 0 Å². The van der Waals surface area contributed by atoms with Gasteiger partial charge in [-0.15, -0.1) is 0 Å². The molecular formula is C14H18O2. The highest BCUT2D eigenvalue weighted by Gasteiger charge is 2.91. The van der Waals surface area contributed by atoms with Crippen LogP contribution in [0.4, 0.5) is 0 Å². The second kappa shape index (κ2) is 1.91. The molecule has 2 unspecified atom stereocenters. The Morgan fingerprint density at radius 2 is 1.25 bits per heavy atom. The summed E-state index contributed by atoms with van der Waals surface area (Å²) in [7, 11) is 0. The Morgan fingerprint density at radius 3 is 1.69 bits per heavy atom. The van der Waals surface area contributed by atoms with E-state index in [-0.39, 0.29) is 18.6 Å². The van der Waals surface area contributed by atoms with Crippen molar-refractivity contribution in [1.29, 1.82) is 0 Å². The van der Waals surface area contributed by atoms with Crippen molar-refractivity contribution < 1.29 is 10.2 Å². The van der Waals surface area contributed by atoms with Crippen molar-refractivity contribution in [3.63, 3.8) is 0 Å². The van der Waals surface area contributed by atoms with E-state index < -0.39 is 0 Å². The zero-order valence-corrected chi connectivity index (χ0v) is 9.29. The van der Waals surface area contributed by atoms with Crippen LogP contribution in [-0.4, -0.2) is 23.4 Å². The van der Waals surface area contributed by atoms with Gasteiger partial charge < -0.3 is 10.2 Å². The molecule has 0 aromatic carbocycles. The Morgan fingerprint density at radius 1 is 0.750 bits per heavy atom. The van der Waals surface area contributed by atoms with Crippen molar-refractivity contribution in [2.24, 2.45) is 64.6 Å². The summed E-state index contributed by atoms with van der Waals surface area (Å²) < 4.78 is 0. The van der Waals surface area contributed by atoms with E-state index in [0.29, 0.717) is 0 Å². The van der Waals surface area contributed by atoms with Gasteiger partial charge in [0.25, 0.3) is 0 Å². The average Bonchev–Trinajstić information content (AvgIpc) is 2.88. The van der Waals surface area contributed by atoms with Crippen LogP contribution in [0.2, 0.25) is 0 Å². The molecule has 7 aliphatic rings. The first-order valence-electron chi connectivity index (χ1n) is 7.07. The Balaban J connectivity index is 1.67. The van der Waals surface area contributed by atoms with Crippen LogP contribution in [0.3, 0.4) is 0 Å². The quantitative estimate of drug-likeness (QED) is 0.712. The third-order valence-electron chi connectivity index (χ3n) is 8.32. The SMILES string of the molecule is OCC1(CO)[C@H]2C3[C@H]4[C@@H]5[C@H]6C[C@@H](C2[C@@H]6[C@@H]41)[C@@H]35. The molecule has 0 amide bonds. The van der Waals surface area contributed by atoms with Crippen molar-refractivity contribution in [3.05, 3.63) is 0 Å².